The molecule has 5 rings (SSSR count). The van der Waals surface area contributed by atoms with Gasteiger partial charge in [0.25, 0.3) is 17.5 Å². The van der Waals surface area contributed by atoms with E-state index in [1.54, 1.807) is 30.3 Å². The Balaban J connectivity index is 1.31. The molecule has 0 atom stereocenters. The molecule has 0 unspecified atom stereocenters. The van der Waals surface area contributed by atoms with E-state index in [1.807, 2.05) is 0 Å². The highest BCUT2D eigenvalue weighted by molar-refractivity contribution is 6.35. The number of ether oxygens (including phenoxy) is 1. The smallest absolute Gasteiger partial charge is 0.338 e. The van der Waals surface area contributed by atoms with E-state index < -0.39 is 35.1 Å². The van der Waals surface area contributed by atoms with Crippen molar-refractivity contribution in [1.82, 2.24) is 0 Å². The summed E-state index contributed by atoms with van der Waals surface area (Å²) in [4.78, 5) is 75.1. The molecule has 0 fully saturated rings. The summed E-state index contributed by atoms with van der Waals surface area (Å²) >= 11 is 0. The maximum Gasteiger partial charge on any atom is 0.338 e. The van der Waals surface area contributed by atoms with Crippen molar-refractivity contribution in [3.63, 3.8) is 0 Å². The van der Waals surface area contributed by atoms with Gasteiger partial charge < -0.3 is 4.74 Å². The first-order valence-electron chi connectivity index (χ1n) is 11.9. The first-order chi connectivity index (χ1) is 19.2. The van der Waals surface area contributed by atoms with Gasteiger partial charge in [-0.05, 0) is 36.4 Å². The maximum absolute atomic E-state index is 13.2. The lowest BCUT2D eigenvalue weighted by atomic mass is 9.99. The molecule has 10 nitrogen and oxygen atoms in total. The molecule has 0 radical (unpaired) electrons. The van der Waals surface area contributed by atoms with E-state index >= 15 is 0 Å². The predicted molar refractivity (Wildman–Crippen MR) is 142 cm³/mol. The maximum atomic E-state index is 13.2. The molecule has 196 valence electrons. The van der Waals surface area contributed by atoms with Gasteiger partial charge in [-0.3, -0.25) is 29.3 Å². The average Bonchev–Trinajstić information content (AvgIpc) is 3.24. The number of nitro groups is 1. The van der Waals surface area contributed by atoms with Crippen molar-refractivity contribution < 1.29 is 33.6 Å². The van der Waals surface area contributed by atoms with Gasteiger partial charge in [-0.1, -0.05) is 48.5 Å². The molecule has 0 aliphatic carbocycles. The predicted octanol–water partition coefficient (Wildman–Crippen LogP) is 4.67. The topological polar surface area (TPSA) is 141 Å². The van der Waals surface area contributed by atoms with Gasteiger partial charge in [-0.2, -0.15) is 0 Å². The van der Waals surface area contributed by atoms with Crippen LogP contribution in [0.2, 0.25) is 0 Å². The fourth-order valence-electron chi connectivity index (χ4n) is 4.21. The summed E-state index contributed by atoms with van der Waals surface area (Å²) in [5.74, 6) is -2.93. The second-order valence-corrected chi connectivity index (χ2v) is 8.75. The van der Waals surface area contributed by atoms with Crippen molar-refractivity contribution in [3.05, 3.63) is 141 Å². The van der Waals surface area contributed by atoms with Crippen LogP contribution in [-0.2, 0) is 4.74 Å². The third kappa shape index (κ3) is 4.88. The van der Waals surface area contributed by atoms with E-state index in [0.29, 0.717) is 5.56 Å². The molecule has 10 heteroatoms. The molecule has 0 saturated carbocycles. The van der Waals surface area contributed by atoms with Crippen molar-refractivity contribution >= 4 is 40.7 Å². The summed E-state index contributed by atoms with van der Waals surface area (Å²) in [5, 5.41) is 11.1. The highest BCUT2D eigenvalue weighted by Crippen LogP contribution is 2.30. The Labute approximate surface area is 226 Å². The van der Waals surface area contributed by atoms with Gasteiger partial charge in [0.15, 0.2) is 18.2 Å². The monoisotopic (exact) mass is 534 g/mol. The van der Waals surface area contributed by atoms with E-state index in [9.17, 15) is 34.1 Å². The van der Waals surface area contributed by atoms with Crippen LogP contribution in [0.3, 0.4) is 0 Å². The molecular formula is C30H18N2O8. The molecule has 40 heavy (non-hydrogen) atoms. The number of non-ortho nitro benzene ring substituents is 1. The Morgan fingerprint density at radius 2 is 1.32 bits per heavy atom. The number of carbonyl (C=O) groups excluding carboxylic acids is 5. The minimum Gasteiger partial charge on any atom is -0.454 e. The molecule has 1 aliphatic heterocycles. The number of amides is 2. The molecule has 0 N–H and O–H groups in total. The highest BCUT2D eigenvalue weighted by atomic mass is 16.6. The summed E-state index contributed by atoms with van der Waals surface area (Å²) in [7, 11) is 0. The number of hydrogen-bond donors (Lipinski definition) is 0. The number of Topliss-reactive ketones (excluding diaryl/α,β-unsaturated/α-hetero) is 1. The van der Waals surface area contributed by atoms with Gasteiger partial charge in [0.05, 0.1) is 27.3 Å². The van der Waals surface area contributed by atoms with E-state index in [0.717, 1.165) is 11.0 Å². The van der Waals surface area contributed by atoms with E-state index in [4.69, 9.17) is 4.74 Å². The lowest BCUT2D eigenvalue weighted by molar-refractivity contribution is -0.384. The normalized spacial score (nSPS) is 12.2. The fourth-order valence-corrected chi connectivity index (χ4v) is 4.21. The van der Waals surface area contributed by atoms with E-state index in [2.05, 4.69) is 0 Å². The third-order valence-corrected chi connectivity index (χ3v) is 6.26. The van der Waals surface area contributed by atoms with Crippen LogP contribution in [0.25, 0.3) is 0 Å². The number of anilines is 1. The van der Waals surface area contributed by atoms with Crippen LogP contribution >= 0.6 is 0 Å². The fraction of sp³-hybridized carbons (Fsp3) is 0.0333. The van der Waals surface area contributed by atoms with Crippen molar-refractivity contribution in [1.29, 1.82) is 0 Å². The summed E-state index contributed by atoms with van der Waals surface area (Å²) in [6, 6.07) is 23.1. The van der Waals surface area contributed by atoms with E-state index in [1.165, 1.54) is 60.7 Å². The van der Waals surface area contributed by atoms with Gasteiger partial charge in [-0.15, -0.1) is 0 Å². The van der Waals surface area contributed by atoms with Gasteiger partial charge in [0, 0.05) is 28.8 Å². The van der Waals surface area contributed by atoms with Crippen molar-refractivity contribution in [3.8, 4) is 0 Å². The van der Waals surface area contributed by atoms with Crippen molar-refractivity contribution in [2.24, 2.45) is 0 Å². The van der Waals surface area contributed by atoms with Crippen molar-refractivity contribution in [2.75, 3.05) is 11.5 Å². The average molecular weight is 534 g/mol. The molecule has 1 aliphatic rings. The second-order valence-electron chi connectivity index (χ2n) is 8.75. The SMILES string of the molecule is O=C(COC(=O)c1ccc(N2C(=O)c3ccc(C(=O)c4cccc([N+](=O)[O-])c4)cc3C2=O)cc1)c1ccccc1. The quantitative estimate of drug-likeness (QED) is 0.104. The van der Waals surface area contributed by atoms with E-state index in [-0.39, 0.29) is 45.0 Å². The summed E-state index contributed by atoms with van der Waals surface area (Å²) in [6.07, 6.45) is 0. The summed E-state index contributed by atoms with van der Waals surface area (Å²) in [6.45, 7) is -0.444. The lowest BCUT2D eigenvalue weighted by Gasteiger charge is -2.14. The number of esters is 1. The van der Waals surface area contributed by atoms with Crippen molar-refractivity contribution in [2.45, 2.75) is 0 Å². The molecule has 1 heterocycles. The molecule has 0 aromatic heterocycles. The molecule has 0 saturated heterocycles. The first kappa shape index (κ1) is 25.9. The largest absolute Gasteiger partial charge is 0.454 e. The Morgan fingerprint density at radius 1 is 0.700 bits per heavy atom. The zero-order chi connectivity index (χ0) is 28.4. The van der Waals surface area contributed by atoms with Crippen LogP contribution in [0.4, 0.5) is 11.4 Å². The minimum absolute atomic E-state index is 0.00388. The number of hydrogen-bond acceptors (Lipinski definition) is 8. The van der Waals surface area contributed by atoms with Crippen LogP contribution < -0.4 is 4.90 Å². The van der Waals surface area contributed by atoms with Gasteiger partial charge in [0.2, 0.25) is 0 Å². The van der Waals surface area contributed by atoms with Crippen LogP contribution in [0.1, 0.15) is 57.4 Å². The number of nitrogens with zero attached hydrogens (tertiary/aromatic N) is 2. The number of benzene rings is 4. The number of nitro benzene ring substituents is 1. The number of fused-ring (bicyclic) bond motifs is 1. The second kappa shape index (κ2) is 10.5. The molecular weight excluding hydrogens is 516 g/mol. The molecule has 4 aromatic carbocycles. The Hall–Kier alpha value is -5.77. The van der Waals surface area contributed by atoms with Crippen LogP contribution in [0.5, 0.6) is 0 Å². The van der Waals surface area contributed by atoms with Gasteiger partial charge >= 0.3 is 5.97 Å². The Morgan fingerprint density at radius 3 is 2.02 bits per heavy atom. The number of imide groups is 1. The number of carbonyl (C=O) groups is 5. The van der Waals surface area contributed by atoms with Gasteiger partial charge in [0.1, 0.15) is 0 Å². The number of rotatable bonds is 8. The van der Waals surface area contributed by atoms with Crippen LogP contribution in [0, 0.1) is 10.1 Å². The standard InChI is InChI=1S/C30H18N2O8/c33-26(18-5-2-1-3-6-18)17-40-30(37)19-9-12-22(13-10-19)31-28(35)24-14-11-21(16-25(24)29(31)36)27(34)20-7-4-8-23(15-20)32(38)39/h1-16H,17H2. The molecule has 0 spiro atoms. The Bertz CT molecular complexity index is 1710. The van der Waals surface area contributed by atoms with Crippen LogP contribution in [0.15, 0.2) is 97.1 Å². The zero-order valence-corrected chi connectivity index (χ0v) is 20.6. The molecule has 4 aromatic rings. The zero-order valence-electron chi connectivity index (χ0n) is 20.6. The summed E-state index contributed by atoms with van der Waals surface area (Å²) in [5.41, 5.74) is 0.709. The molecule has 2 amide bonds. The molecule has 0 bridgehead atoms. The first-order valence-corrected chi connectivity index (χ1v) is 11.9. The van der Waals surface area contributed by atoms with Gasteiger partial charge in [-0.25, -0.2) is 9.69 Å². The lowest BCUT2D eigenvalue weighted by Crippen LogP contribution is -2.29. The number of ketones is 2. The minimum atomic E-state index is -0.748. The van der Waals surface area contributed by atoms with Crippen LogP contribution in [-0.4, -0.2) is 40.9 Å². The highest BCUT2D eigenvalue weighted by Gasteiger charge is 2.37. The third-order valence-electron chi connectivity index (χ3n) is 6.26. The Kier molecular flexibility index (Phi) is 6.81. The summed E-state index contributed by atoms with van der Waals surface area (Å²) < 4.78 is 5.09.